The largest absolute Gasteiger partial charge is 0.416 e. The minimum Gasteiger partial charge on any atom is -0.385 e. The lowest BCUT2D eigenvalue weighted by molar-refractivity contribution is -0.137. The van der Waals surface area contributed by atoms with Crippen molar-refractivity contribution in [3.8, 4) is 0 Å². The summed E-state index contributed by atoms with van der Waals surface area (Å²) in [5.41, 5.74) is 5.28. The van der Waals surface area contributed by atoms with Gasteiger partial charge in [0, 0.05) is 25.4 Å². The number of halogens is 3. The van der Waals surface area contributed by atoms with Crippen LogP contribution in [0.5, 0.6) is 0 Å². The van der Waals surface area contributed by atoms with Crippen LogP contribution in [0.2, 0.25) is 0 Å². The zero-order valence-corrected chi connectivity index (χ0v) is 9.96. The van der Waals surface area contributed by atoms with E-state index < -0.39 is 11.7 Å². The van der Waals surface area contributed by atoms with E-state index in [2.05, 4.69) is 5.32 Å². The Bertz CT molecular complexity index is 338. The second-order valence-corrected chi connectivity index (χ2v) is 3.76. The molecule has 0 amide bonds. The summed E-state index contributed by atoms with van der Waals surface area (Å²) in [4.78, 5) is 0. The van der Waals surface area contributed by atoms with Gasteiger partial charge in [-0.25, -0.2) is 0 Å². The second-order valence-electron chi connectivity index (χ2n) is 3.76. The molecule has 3 nitrogen and oxygen atoms in total. The van der Waals surface area contributed by atoms with Gasteiger partial charge >= 0.3 is 6.18 Å². The zero-order chi connectivity index (χ0) is 13.4. The molecule has 1 aromatic carbocycles. The Labute approximate surface area is 104 Å². The number of rotatable bonds is 7. The Morgan fingerprint density at radius 3 is 2.33 bits per heavy atom. The lowest BCUT2D eigenvalue weighted by atomic mass is 10.2. The van der Waals surface area contributed by atoms with Gasteiger partial charge in [-0.15, -0.1) is 0 Å². The molecule has 0 saturated carbocycles. The molecule has 0 radical (unpaired) electrons. The van der Waals surface area contributed by atoms with Gasteiger partial charge in [0.1, 0.15) is 0 Å². The van der Waals surface area contributed by atoms with Crippen molar-refractivity contribution in [2.24, 2.45) is 5.73 Å². The van der Waals surface area contributed by atoms with Crippen molar-refractivity contribution in [3.63, 3.8) is 0 Å². The average Bonchev–Trinajstić information content (AvgIpc) is 2.33. The Balaban J connectivity index is 2.27. The molecule has 0 aromatic heterocycles. The van der Waals surface area contributed by atoms with E-state index in [1.165, 1.54) is 12.1 Å². The number of nitrogens with two attached hydrogens (primary N) is 1. The summed E-state index contributed by atoms with van der Waals surface area (Å²) in [5, 5.41) is 3.02. The molecule has 0 aliphatic carbocycles. The van der Waals surface area contributed by atoms with Gasteiger partial charge in [0.05, 0.1) is 12.2 Å². The summed E-state index contributed by atoms with van der Waals surface area (Å²) >= 11 is 0. The highest BCUT2D eigenvalue weighted by molar-refractivity contribution is 5.44. The molecule has 0 saturated heterocycles. The summed E-state index contributed by atoms with van der Waals surface area (Å²) in [5.74, 6) is 0. The van der Waals surface area contributed by atoms with E-state index in [-0.39, 0.29) is 0 Å². The maximum Gasteiger partial charge on any atom is 0.416 e. The van der Waals surface area contributed by atoms with E-state index >= 15 is 0 Å². The van der Waals surface area contributed by atoms with Crippen molar-refractivity contribution in [1.29, 1.82) is 0 Å². The van der Waals surface area contributed by atoms with Gasteiger partial charge in [0.25, 0.3) is 0 Å². The summed E-state index contributed by atoms with van der Waals surface area (Å²) in [6.45, 7) is 2.26. The minimum absolute atomic E-state index is 0.492. The third-order valence-electron chi connectivity index (χ3n) is 2.27. The fourth-order valence-electron chi connectivity index (χ4n) is 1.37. The van der Waals surface area contributed by atoms with Gasteiger partial charge in [0.2, 0.25) is 0 Å². The Morgan fingerprint density at radius 1 is 1.11 bits per heavy atom. The van der Waals surface area contributed by atoms with Crippen LogP contribution in [0.15, 0.2) is 24.3 Å². The lowest BCUT2D eigenvalue weighted by Gasteiger charge is -2.09. The van der Waals surface area contributed by atoms with Gasteiger partial charge in [0.15, 0.2) is 0 Å². The Kier molecular flexibility index (Phi) is 5.94. The Morgan fingerprint density at radius 2 is 1.78 bits per heavy atom. The number of ether oxygens (including phenoxy) is 1. The van der Waals surface area contributed by atoms with Crippen LogP contribution in [-0.4, -0.2) is 26.3 Å². The predicted octanol–water partition coefficient (Wildman–Crippen LogP) is 2.48. The first-order chi connectivity index (χ1) is 8.54. The Hall–Kier alpha value is -1.27. The van der Waals surface area contributed by atoms with E-state index in [9.17, 15) is 13.2 Å². The molecule has 3 N–H and O–H groups in total. The van der Waals surface area contributed by atoms with Crippen LogP contribution >= 0.6 is 0 Å². The number of nitrogens with one attached hydrogen (secondary N) is 1. The molecule has 6 heteroatoms. The van der Waals surface area contributed by atoms with E-state index in [4.69, 9.17) is 10.5 Å². The van der Waals surface area contributed by atoms with Crippen molar-refractivity contribution < 1.29 is 17.9 Å². The second kappa shape index (κ2) is 7.23. The molecular formula is C12H17F3N2O. The highest BCUT2D eigenvalue weighted by Gasteiger charge is 2.29. The number of anilines is 1. The molecule has 18 heavy (non-hydrogen) atoms. The molecule has 1 aromatic rings. The van der Waals surface area contributed by atoms with Gasteiger partial charge in [-0.2, -0.15) is 13.2 Å². The molecule has 0 atom stereocenters. The summed E-state index contributed by atoms with van der Waals surface area (Å²) in [6.07, 6.45) is -3.50. The van der Waals surface area contributed by atoms with Crippen LogP contribution in [0, 0.1) is 0 Å². The quantitative estimate of drug-likeness (QED) is 0.742. The molecule has 0 heterocycles. The van der Waals surface area contributed by atoms with Crippen LogP contribution < -0.4 is 11.1 Å². The maximum absolute atomic E-state index is 12.3. The molecule has 0 unspecified atom stereocenters. The molecule has 0 aliphatic heterocycles. The van der Waals surface area contributed by atoms with Crippen LogP contribution in [0.4, 0.5) is 18.9 Å². The normalized spacial score (nSPS) is 11.6. The van der Waals surface area contributed by atoms with E-state index in [1.807, 2.05) is 0 Å². The first-order valence-electron chi connectivity index (χ1n) is 5.73. The van der Waals surface area contributed by atoms with E-state index in [0.29, 0.717) is 32.0 Å². The van der Waals surface area contributed by atoms with E-state index in [1.54, 1.807) is 0 Å². The zero-order valence-electron chi connectivity index (χ0n) is 9.96. The van der Waals surface area contributed by atoms with E-state index in [0.717, 1.165) is 18.6 Å². The monoisotopic (exact) mass is 262 g/mol. The van der Waals surface area contributed by atoms with Crippen molar-refractivity contribution in [2.45, 2.75) is 12.6 Å². The highest BCUT2D eigenvalue weighted by Crippen LogP contribution is 2.29. The predicted molar refractivity (Wildman–Crippen MR) is 64.4 cm³/mol. The van der Waals surface area contributed by atoms with Crippen molar-refractivity contribution in [1.82, 2.24) is 0 Å². The number of alkyl halides is 3. The number of hydrogen-bond donors (Lipinski definition) is 2. The smallest absolute Gasteiger partial charge is 0.385 e. The highest BCUT2D eigenvalue weighted by atomic mass is 19.4. The van der Waals surface area contributed by atoms with Gasteiger partial charge in [-0.05, 0) is 30.7 Å². The van der Waals surface area contributed by atoms with Gasteiger partial charge in [-0.1, -0.05) is 0 Å². The number of benzene rings is 1. The van der Waals surface area contributed by atoms with Gasteiger partial charge < -0.3 is 15.8 Å². The van der Waals surface area contributed by atoms with Crippen LogP contribution in [0.25, 0.3) is 0 Å². The molecular weight excluding hydrogens is 245 g/mol. The number of hydrogen-bond acceptors (Lipinski definition) is 3. The molecule has 0 aliphatic rings. The van der Waals surface area contributed by atoms with Crippen LogP contribution in [-0.2, 0) is 10.9 Å². The van der Waals surface area contributed by atoms with Gasteiger partial charge in [-0.3, -0.25) is 0 Å². The summed E-state index contributed by atoms with van der Waals surface area (Å²) in [6, 6.07) is 4.97. The first-order valence-corrected chi connectivity index (χ1v) is 5.73. The lowest BCUT2D eigenvalue weighted by Crippen LogP contribution is -2.11. The third kappa shape index (κ3) is 5.37. The molecule has 0 bridgehead atoms. The maximum atomic E-state index is 12.3. The minimum atomic E-state index is -4.28. The van der Waals surface area contributed by atoms with Crippen molar-refractivity contribution in [2.75, 3.05) is 31.6 Å². The molecule has 0 fully saturated rings. The first kappa shape index (κ1) is 14.8. The van der Waals surface area contributed by atoms with Crippen LogP contribution in [0.1, 0.15) is 12.0 Å². The summed E-state index contributed by atoms with van der Waals surface area (Å²) < 4.78 is 42.1. The fourth-order valence-corrected chi connectivity index (χ4v) is 1.37. The SMILES string of the molecule is NCCOCCCNc1ccc(C(F)(F)F)cc1. The fraction of sp³-hybridized carbons (Fsp3) is 0.500. The topological polar surface area (TPSA) is 47.3 Å². The molecule has 1 rings (SSSR count). The third-order valence-corrected chi connectivity index (χ3v) is 2.27. The molecule has 102 valence electrons. The standard InChI is InChI=1S/C12H17F3N2O/c13-12(14,15)10-2-4-11(5-3-10)17-7-1-8-18-9-6-16/h2-5,17H,1,6-9,16H2. The summed E-state index contributed by atoms with van der Waals surface area (Å²) in [7, 11) is 0. The van der Waals surface area contributed by atoms with Crippen molar-refractivity contribution >= 4 is 5.69 Å². The van der Waals surface area contributed by atoms with Crippen LogP contribution in [0.3, 0.4) is 0 Å². The molecule has 0 spiro atoms. The average molecular weight is 262 g/mol. The van der Waals surface area contributed by atoms with Crippen molar-refractivity contribution in [3.05, 3.63) is 29.8 Å².